The van der Waals surface area contributed by atoms with Crippen LogP contribution in [0.2, 0.25) is 0 Å². The van der Waals surface area contributed by atoms with E-state index in [4.69, 9.17) is 0 Å². The van der Waals surface area contributed by atoms with Crippen LogP contribution in [0.1, 0.15) is 29.6 Å². The molecular weight excluding hydrogens is 310 g/mol. The van der Waals surface area contributed by atoms with Crippen molar-refractivity contribution in [1.82, 2.24) is 15.6 Å². The second-order valence-corrected chi connectivity index (χ2v) is 6.68. The van der Waals surface area contributed by atoms with E-state index in [0.717, 1.165) is 29.1 Å². The monoisotopic (exact) mass is 333 g/mol. The maximum atomic E-state index is 11.8. The predicted octanol–water partition coefficient (Wildman–Crippen LogP) is 2.59. The van der Waals surface area contributed by atoms with E-state index < -0.39 is 5.60 Å². The Morgan fingerprint density at radius 2 is 2.04 bits per heavy atom. The van der Waals surface area contributed by atoms with Crippen molar-refractivity contribution < 1.29 is 9.90 Å². The minimum absolute atomic E-state index is 0.161. The Morgan fingerprint density at radius 3 is 2.70 bits per heavy atom. The molecule has 124 valence electrons. The van der Waals surface area contributed by atoms with Crippen LogP contribution in [0.5, 0.6) is 0 Å². The maximum absolute atomic E-state index is 11.8. The molecule has 0 radical (unpaired) electrons. The molecular formula is C17H23N3O2S. The Bertz CT molecular complexity index is 626. The van der Waals surface area contributed by atoms with E-state index in [9.17, 15) is 9.90 Å². The normalized spacial score (nSPS) is 13.3. The summed E-state index contributed by atoms with van der Waals surface area (Å²) in [5.74, 6) is 0. The first kappa shape index (κ1) is 17.4. The highest BCUT2D eigenvalue weighted by Gasteiger charge is 2.23. The summed E-state index contributed by atoms with van der Waals surface area (Å²) in [6.07, 6.45) is 1.70. The molecule has 0 aliphatic heterocycles. The number of urea groups is 1. The average Bonchev–Trinajstić information content (AvgIpc) is 2.96. The highest BCUT2D eigenvalue weighted by atomic mass is 32.1. The van der Waals surface area contributed by atoms with E-state index in [2.05, 4.69) is 15.6 Å². The number of nitrogens with zero attached hydrogens (tertiary/aromatic N) is 1. The van der Waals surface area contributed by atoms with Gasteiger partial charge in [0.1, 0.15) is 5.60 Å². The highest BCUT2D eigenvalue weighted by molar-refractivity contribution is 7.09. The number of carbonyl (C=O) groups excluding carboxylic acids is 1. The molecule has 23 heavy (non-hydrogen) atoms. The van der Waals surface area contributed by atoms with Crippen molar-refractivity contribution in [1.29, 1.82) is 0 Å². The van der Waals surface area contributed by atoms with Crippen LogP contribution < -0.4 is 10.6 Å². The van der Waals surface area contributed by atoms with Gasteiger partial charge in [0.05, 0.1) is 11.6 Å². The first-order chi connectivity index (χ1) is 11.0. The molecule has 2 aromatic rings. The molecule has 6 heteroatoms. The van der Waals surface area contributed by atoms with E-state index in [1.165, 1.54) is 0 Å². The quantitative estimate of drug-likeness (QED) is 0.682. The van der Waals surface area contributed by atoms with Crippen LogP contribution in [0, 0.1) is 6.92 Å². The summed E-state index contributed by atoms with van der Waals surface area (Å²) in [5, 5.41) is 19.0. The van der Waals surface area contributed by atoms with Crippen molar-refractivity contribution in [3.05, 3.63) is 52.0 Å². The van der Waals surface area contributed by atoms with Gasteiger partial charge in [-0.25, -0.2) is 9.78 Å². The number of rotatable bonds is 7. The smallest absolute Gasteiger partial charge is 0.314 e. The van der Waals surface area contributed by atoms with Gasteiger partial charge in [-0.2, -0.15) is 0 Å². The fourth-order valence-electron chi connectivity index (χ4n) is 2.17. The molecule has 0 aliphatic carbocycles. The molecule has 3 N–H and O–H groups in total. The molecule has 1 atom stereocenters. The van der Waals surface area contributed by atoms with E-state index in [1.807, 2.05) is 42.6 Å². The molecule has 2 rings (SSSR count). The molecule has 0 bridgehead atoms. The summed E-state index contributed by atoms with van der Waals surface area (Å²) in [7, 11) is 0. The summed E-state index contributed by atoms with van der Waals surface area (Å²) in [6, 6.07) is 9.04. The molecule has 1 unspecified atom stereocenters. The van der Waals surface area contributed by atoms with Crippen molar-refractivity contribution in [3.63, 3.8) is 0 Å². The predicted molar refractivity (Wildman–Crippen MR) is 92.6 cm³/mol. The Kier molecular flexibility index (Phi) is 6.12. The topological polar surface area (TPSA) is 74.2 Å². The first-order valence-corrected chi connectivity index (χ1v) is 8.56. The molecule has 2 amide bonds. The van der Waals surface area contributed by atoms with Crippen LogP contribution in [-0.2, 0) is 12.0 Å². The number of hydrogen-bond donors (Lipinski definition) is 3. The zero-order chi connectivity index (χ0) is 16.7. The Hall–Kier alpha value is -1.92. The zero-order valence-corrected chi connectivity index (χ0v) is 14.3. The van der Waals surface area contributed by atoms with Crippen molar-refractivity contribution in [2.45, 2.75) is 32.3 Å². The molecule has 1 aromatic heterocycles. The van der Waals surface area contributed by atoms with E-state index in [1.54, 1.807) is 18.3 Å². The van der Waals surface area contributed by atoms with Gasteiger partial charge in [0.2, 0.25) is 0 Å². The highest BCUT2D eigenvalue weighted by Crippen LogP contribution is 2.18. The van der Waals surface area contributed by atoms with Crippen molar-refractivity contribution in [2.24, 2.45) is 0 Å². The van der Waals surface area contributed by atoms with Crippen LogP contribution in [0.25, 0.3) is 0 Å². The molecule has 0 spiro atoms. The van der Waals surface area contributed by atoms with Gasteiger partial charge in [-0.3, -0.25) is 0 Å². The SMILES string of the molecule is Cc1csc(CCCNC(=O)NCC(C)(O)c2ccccc2)n1. The summed E-state index contributed by atoms with van der Waals surface area (Å²) in [4.78, 5) is 16.2. The van der Waals surface area contributed by atoms with Gasteiger partial charge in [-0.15, -0.1) is 11.3 Å². The Labute approximate surface area is 140 Å². The van der Waals surface area contributed by atoms with Gasteiger partial charge in [-0.1, -0.05) is 30.3 Å². The maximum Gasteiger partial charge on any atom is 0.314 e. The third kappa shape index (κ3) is 5.65. The number of aromatic nitrogens is 1. The van der Waals surface area contributed by atoms with E-state index >= 15 is 0 Å². The van der Waals surface area contributed by atoms with Gasteiger partial charge in [0.15, 0.2) is 0 Å². The lowest BCUT2D eigenvalue weighted by atomic mass is 9.96. The van der Waals surface area contributed by atoms with Gasteiger partial charge < -0.3 is 15.7 Å². The Morgan fingerprint density at radius 1 is 1.30 bits per heavy atom. The summed E-state index contributed by atoms with van der Waals surface area (Å²) in [5.41, 5.74) is 0.732. The standard InChI is InChI=1S/C17H23N3O2S/c1-13-11-23-15(20-13)9-6-10-18-16(21)19-12-17(2,22)14-7-4-3-5-8-14/h3-5,7-8,11,22H,6,9-10,12H2,1-2H3,(H2,18,19,21). The summed E-state index contributed by atoms with van der Waals surface area (Å²) >= 11 is 1.65. The number of aryl methyl sites for hydroxylation is 2. The number of amides is 2. The van der Waals surface area contributed by atoms with Crippen LogP contribution in [0.3, 0.4) is 0 Å². The summed E-state index contributed by atoms with van der Waals surface area (Å²) < 4.78 is 0. The summed E-state index contributed by atoms with van der Waals surface area (Å²) in [6.45, 7) is 4.41. The van der Waals surface area contributed by atoms with Crippen molar-refractivity contribution in [3.8, 4) is 0 Å². The van der Waals surface area contributed by atoms with E-state index in [0.29, 0.717) is 6.54 Å². The van der Waals surface area contributed by atoms with Crippen LogP contribution >= 0.6 is 11.3 Å². The third-order valence-electron chi connectivity index (χ3n) is 3.51. The lowest BCUT2D eigenvalue weighted by Crippen LogP contribution is -2.43. The lowest BCUT2D eigenvalue weighted by molar-refractivity contribution is 0.0594. The van der Waals surface area contributed by atoms with Gasteiger partial charge in [-0.05, 0) is 25.8 Å². The molecule has 1 heterocycles. The largest absolute Gasteiger partial charge is 0.384 e. The molecule has 1 aromatic carbocycles. The number of nitrogens with one attached hydrogen (secondary N) is 2. The number of hydrogen-bond acceptors (Lipinski definition) is 4. The van der Waals surface area contributed by atoms with E-state index in [-0.39, 0.29) is 12.6 Å². The first-order valence-electron chi connectivity index (χ1n) is 7.68. The fraction of sp³-hybridized carbons (Fsp3) is 0.412. The average molecular weight is 333 g/mol. The number of aliphatic hydroxyl groups is 1. The van der Waals surface area contributed by atoms with Gasteiger partial charge in [0.25, 0.3) is 0 Å². The minimum atomic E-state index is -1.09. The fourth-order valence-corrected chi connectivity index (χ4v) is 2.99. The van der Waals surface area contributed by atoms with Gasteiger partial charge >= 0.3 is 6.03 Å². The molecule has 0 saturated carbocycles. The van der Waals surface area contributed by atoms with Crippen LogP contribution in [0.15, 0.2) is 35.7 Å². The number of carbonyl (C=O) groups is 1. The third-order valence-corrected chi connectivity index (χ3v) is 4.53. The van der Waals surface area contributed by atoms with Crippen LogP contribution in [0.4, 0.5) is 4.79 Å². The molecule has 0 saturated heterocycles. The molecule has 5 nitrogen and oxygen atoms in total. The Balaban J connectivity index is 1.67. The molecule has 0 aliphatic rings. The second kappa shape index (κ2) is 8.08. The van der Waals surface area contributed by atoms with Crippen molar-refractivity contribution in [2.75, 3.05) is 13.1 Å². The number of thiazole rings is 1. The zero-order valence-electron chi connectivity index (χ0n) is 13.5. The van der Waals surface area contributed by atoms with Crippen molar-refractivity contribution >= 4 is 17.4 Å². The molecule has 0 fully saturated rings. The van der Waals surface area contributed by atoms with Gasteiger partial charge in [0, 0.05) is 24.0 Å². The van der Waals surface area contributed by atoms with Crippen LogP contribution in [-0.4, -0.2) is 29.2 Å². The number of benzene rings is 1. The lowest BCUT2D eigenvalue weighted by Gasteiger charge is -2.24. The second-order valence-electron chi connectivity index (χ2n) is 5.74. The minimum Gasteiger partial charge on any atom is -0.384 e.